The van der Waals surface area contributed by atoms with E-state index in [0.717, 1.165) is 6.07 Å². The number of hydrogen-bond donors (Lipinski definition) is 1. The summed E-state index contributed by atoms with van der Waals surface area (Å²) in [5.74, 6) is -0.850. The van der Waals surface area contributed by atoms with Gasteiger partial charge in [-0.3, -0.25) is 0 Å². The number of carboxylic acid groups (broad SMARTS) is 1. The van der Waals surface area contributed by atoms with Gasteiger partial charge < -0.3 is 14.7 Å². The van der Waals surface area contributed by atoms with Crippen LogP contribution in [-0.4, -0.2) is 40.4 Å². The summed E-state index contributed by atoms with van der Waals surface area (Å²) in [6.07, 6.45) is -3.82. The number of aliphatic carboxylic acids is 1. The molecule has 1 aromatic heterocycles. The third kappa shape index (κ3) is 4.34. The molecule has 1 saturated heterocycles. The minimum Gasteiger partial charge on any atom is -0.480 e. The number of carboxylic acids is 1. The van der Waals surface area contributed by atoms with Crippen molar-refractivity contribution in [1.29, 1.82) is 0 Å². The van der Waals surface area contributed by atoms with Crippen molar-refractivity contribution in [2.75, 3.05) is 11.4 Å². The maximum atomic E-state index is 12.6. The lowest BCUT2D eigenvalue weighted by Gasteiger charge is -2.25. The summed E-state index contributed by atoms with van der Waals surface area (Å²) in [6.45, 7) is 5.86. The Labute approximate surface area is 132 Å². The standard InChI is InChI=1S/C15H19F3N2O3/c1-14(2,3)23-10-6-11(13(21)22)20(8-10)12-5-4-9(7-19-12)15(16,17)18/h4-5,7,10-11H,6,8H2,1-3H3,(H,21,22)/t10-,11+/m1/s1. The van der Waals surface area contributed by atoms with Crippen molar-refractivity contribution >= 4 is 11.8 Å². The van der Waals surface area contributed by atoms with Gasteiger partial charge in [0.05, 0.1) is 17.3 Å². The number of anilines is 1. The molecule has 0 spiro atoms. The Bertz CT molecular complexity index is 567. The summed E-state index contributed by atoms with van der Waals surface area (Å²) in [5, 5.41) is 9.34. The average molecular weight is 332 g/mol. The third-order valence-electron chi connectivity index (χ3n) is 3.44. The Morgan fingerprint density at radius 2 is 2.00 bits per heavy atom. The quantitative estimate of drug-likeness (QED) is 0.922. The first-order valence-corrected chi connectivity index (χ1v) is 7.18. The molecular weight excluding hydrogens is 313 g/mol. The Balaban J connectivity index is 2.20. The van der Waals surface area contributed by atoms with E-state index in [4.69, 9.17) is 4.74 Å². The molecule has 5 nitrogen and oxygen atoms in total. The van der Waals surface area contributed by atoms with E-state index in [-0.39, 0.29) is 24.9 Å². The average Bonchev–Trinajstić information content (AvgIpc) is 2.79. The molecule has 0 saturated carbocycles. The summed E-state index contributed by atoms with van der Waals surface area (Å²) in [4.78, 5) is 16.7. The summed E-state index contributed by atoms with van der Waals surface area (Å²) in [5.41, 5.74) is -1.30. The zero-order chi connectivity index (χ0) is 17.4. The zero-order valence-electron chi connectivity index (χ0n) is 13.1. The second-order valence-electron chi connectivity index (χ2n) is 6.50. The Morgan fingerprint density at radius 3 is 2.43 bits per heavy atom. The Hall–Kier alpha value is -1.83. The lowest BCUT2D eigenvalue weighted by Crippen LogP contribution is -2.36. The van der Waals surface area contributed by atoms with Crippen molar-refractivity contribution in [1.82, 2.24) is 4.98 Å². The van der Waals surface area contributed by atoms with Crippen molar-refractivity contribution in [2.24, 2.45) is 0 Å². The third-order valence-corrected chi connectivity index (χ3v) is 3.44. The molecule has 1 aliphatic rings. The molecule has 23 heavy (non-hydrogen) atoms. The van der Waals surface area contributed by atoms with Crippen molar-refractivity contribution in [3.05, 3.63) is 23.9 Å². The highest BCUT2D eigenvalue weighted by molar-refractivity contribution is 5.78. The van der Waals surface area contributed by atoms with Gasteiger partial charge in [0.2, 0.25) is 0 Å². The van der Waals surface area contributed by atoms with Gasteiger partial charge in [-0.25, -0.2) is 9.78 Å². The molecule has 2 rings (SSSR count). The van der Waals surface area contributed by atoms with Gasteiger partial charge in [0.25, 0.3) is 0 Å². The van der Waals surface area contributed by atoms with Gasteiger partial charge >= 0.3 is 12.1 Å². The molecule has 1 N–H and O–H groups in total. The van der Waals surface area contributed by atoms with Crippen LogP contribution in [0.2, 0.25) is 0 Å². The summed E-state index contributed by atoms with van der Waals surface area (Å²) >= 11 is 0. The Kier molecular flexibility index (Phi) is 4.57. The summed E-state index contributed by atoms with van der Waals surface area (Å²) in [6, 6.07) is 1.23. The highest BCUT2D eigenvalue weighted by Crippen LogP contribution is 2.32. The molecule has 1 aromatic rings. The van der Waals surface area contributed by atoms with Gasteiger partial charge in [-0.15, -0.1) is 0 Å². The minimum absolute atomic E-state index is 0.199. The molecule has 8 heteroatoms. The largest absolute Gasteiger partial charge is 0.480 e. The monoisotopic (exact) mass is 332 g/mol. The first-order valence-electron chi connectivity index (χ1n) is 7.18. The lowest BCUT2D eigenvalue weighted by molar-refractivity contribution is -0.139. The number of carbonyl (C=O) groups is 1. The number of nitrogens with zero attached hydrogens (tertiary/aromatic N) is 2. The number of rotatable bonds is 3. The fourth-order valence-corrected chi connectivity index (χ4v) is 2.59. The van der Waals surface area contributed by atoms with Crippen molar-refractivity contribution < 1.29 is 27.8 Å². The highest BCUT2D eigenvalue weighted by Gasteiger charge is 2.40. The molecule has 0 radical (unpaired) electrons. The molecule has 0 unspecified atom stereocenters. The van der Waals surface area contributed by atoms with Gasteiger partial charge in [-0.1, -0.05) is 0 Å². The van der Waals surface area contributed by atoms with Crippen molar-refractivity contribution in [3.8, 4) is 0 Å². The predicted octanol–water partition coefficient (Wildman–Crippen LogP) is 2.95. The van der Waals surface area contributed by atoms with Gasteiger partial charge in [0.15, 0.2) is 0 Å². The number of ether oxygens (including phenoxy) is 1. The summed E-state index contributed by atoms with van der Waals surface area (Å²) < 4.78 is 43.5. The van der Waals surface area contributed by atoms with Crippen LogP contribution in [0.5, 0.6) is 0 Å². The number of halogens is 3. The predicted molar refractivity (Wildman–Crippen MR) is 77.3 cm³/mol. The zero-order valence-corrected chi connectivity index (χ0v) is 13.1. The maximum absolute atomic E-state index is 12.6. The van der Waals surface area contributed by atoms with Crippen LogP contribution in [0.3, 0.4) is 0 Å². The van der Waals surface area contributed by atoms with E-state index in [0.29, 0.717) is 6.20 Å². The smallest absolute Gasteiger partial charge is 0.417 e. The van der Waals surface area contributed by atoms with E-state index in [9.17, 15) is 23.1 Å². The second kappa shape index (κ2) is 5.99. The second-order valence-corrected chi connectivity index (χ2v) is 6.50. The SMILES string of the molecule is CC(C)(C)O[C@@H]1C[C@@H](C(=O)O)N(c2ccc(C(F)(F)F)cn2)C1. The molecule has 1 fully saturated rings. The van der Waals surface area contributed by atoms with E-state index in [2.05, 4.69) is 4.98 Å². The van der Waals surface area contributed by atoms with Crippen LogP contribution < -0.4 is 4.90 Å². The lowest BCUT2D eigenvalue weighted by atomic mass is 10.1. The molecule has 0 bridgehead atoms. The fourth-order valence-electron chi connectivity index (χ4n) is 2.59. The van der Waals surface area contributed by atoms with Crippen LogP contribution in [0, 0.1) is 0 Å². The number of pyridine rings is 1. The first-order chi connectivity index (χ1) is 10.5. The molecule has 2 heterocycles. The molecule has 2 atom stereocenters. The van der Waals surface area contributed by atoms with Crippen LogP contribution in [0.15, 0.2) is 18.3 Å². The van der Waals surface area contributed by atoms with Gasteiger partial charge in [0, 0.05) is 19.2 Å². The Morgan fingerprint density at radius 1 is 1.35 bits per heavy atom. The van der Waals surface area contributed by atoms with Gasteiger partial charge in [0.1, 0.15) is 11.9 Å². The normalized spacial score (nSPS) is 22.4. The van der Waals surface area contributed by atoms with Crippen molar-refractivity contribution in [2.45, 2.75) is 51.1 Å². The van der Waals surface area contributed by atoms with E-state index in [1.165, 1.54) is 11.0 Å². The van der Waals surface area contributed by atoms with Crippen molar-refractivity contribution in [3.63, 3.8) is 0 Å². The molecular formula is C15H19F3N2O3. The van der Waals surface area contributed by atoms with E-state index in [1.54, 1.807) is 0 Å². The van der Waals surface area contributed by atoms with Crippen LogP contribution in [0.25, 0.3) is 0 Å². The van der Waals surface area contributed by atoms with Crippen LogP contribution in [0.1, 0.15) is 32.8 Å². The van der Waals surface area contributed by atoms with Gasteiger partial charge in [-0.05, 0) is 32.9 Å². The highest BCUT2D eigenvalue weighted by atomic mass is 19.4. The number of hydrogen-bond acceptors (Lipinski definition) is 4. The molecule has 0 aromatic carbocycles. The maximum Gasteiger partial charge on any atom is 0.417 e. The van der Waals surface area contributed by atoms with Crippen LogP contribution in [0.4, 0.5) is 19.0 Å². The number of alkyl halides is 3. The van der Waals surface area contributed by atoms with Gasteiger partial charge in [-0.2, -0.15) is 13.2 Å². The van der Waals surface area contributed by atoms with Crippen LogP contribution >= 0.6 is 0 Å². The molecule has 1 aliphatic heterocycles. The molecule has 0 amide bonds. The van der Waals surface area contributed by atoms with E-state index >= 15 is 0 Å². The minimum atomic E-state index is -4.47. The van der Waals surface area contributed by atoms with E-state index < -0.39 is 29.4 Å². The molecule has 0 aliphatic carbocycles. The van der Waals surface area contributed by atoms with Crippen LogP contribution in [-0.2, 0) is 15.7 Å². The summed E-state index contributed by atoms with van der Waals surface area (Å²) in [7, 11) is 0. The topological polar surface area (TPSA) is 62.7 Å². The molecule has 128 valence electrons. The van der Waals surface area contributed by atoms with E-state index in [1.807, 2.05) is 20.8 Å². The first kappa shape index (κ1) is 17.5. The fraction of sp³-hybridized carbons (Fsp3) is 0.600. The number of aromatic nitrogens is 1.